The third-order valence-electron chi connectivity index (χ3n) is 11.9. The van der Waals surface area contributed by atoms with Crippen LogP contribution in [0.3, 0.4) is 0 Å². The molecule has 18 heteroatoms. The molecular formula is C58H42N6O12. The number of fused-ring (bicyclic) bond motifs is 8. The molecule has 1 aliphatic carbocycles. The predicted molar refractivity (Wildman–Crippen MR) is 277 cm³/mol. The van der Waals surface area contributed by atoms with E-state index in [4.69, 9.17) is 18.9 Å². The molecule has 0 heterocycles. The van der Waals surface area contributed by atoms with Crippen molar-refractivity contribution in [3.8, 4) is 23.0 Å². The number of esters is 4. The maximum atomic E-state index is 14.1. The largest absolute Gasteiger partial charge is 0.426 e. The zero-order valence-corrected chi connectivity index (χ0v) is 40.6. The number of hydrogen-bond donors (Lipinski definition) is 0. The number of nitro groups is 2. The van der Waals surface area contributed by atoms with E-state index in [1.54, 1.807) is 121 Å². The minimum absolute atomic E-state index is 0.0385. The molecule has 0 atom stereocenters. The Bertz CT molecular complexity index is 3310. The number of non-ortho nitro benzene ring substituents is 2. The van der Waals surface area contributed by atoms with Gasteiger partial charge in [-0.05, 0) is 95.1 Å². The van der Waals surface area contributed by atoms with Gasteiger partial charge in [0.25, 0.3) is 11.4 Å². The third kappa shape index (κ3) is 12.1. The highest BCUT2D eigenvalue weighted by atomic mass is 16.6. The van der Waals surface area contributed by atoms with Crippen LogP contribution in [0.2, 0.25) is 0 Å². The van der Waals surface area contributed by atoms with Crippen LogP contribution in [0.5, 0.6) is 23.0 Å². The molecular weight excluding hydrogens is 973 g/mol. The van der Waals surface area contributed by atoms with E-state index in [0.717, 1.165) is 0 Å². The lowest BCUT2D eigenvalue weighted by Gasteiger charge is -2.22. The molecule has 0 unspecified atom stereocenters. The van der Waals surface area contributed by atoms with Gasteiger partial charge in [0.15, 0.2) is 0 Å². The molecule has 0 radical (unpaired) electrons. The summed E-state index contributed by atoms with van der Waals surface area (Å²) in [6.07, 6.45) is -0.154. The number of carbonyl (C=O) groups is 4. The van der Waals surface area contributed by atoms with Gasteiger partial charge in [0.1, 0.15) is 23.0 Å². The normalized spacial score (nSPS) is 11.9. The van der Waals surface area contributed by atoms with Gasteiger partial charge in [-0.3, -0.25) is 29.8 Å². The van der Waals surface area contributed by atoms with E-state index in [1.165, 1.54) is 62.4 Å². The summed E-state index contributed by atoms with van der Waals surface area (Å²) in [5.74, 6) is -2.08. The second-order valence-corrected chi connectivity index (χ2v) is 17.3. The first-order valence-electron chi connectivity index (χ1n) is 23.5. The highest BCUT2D eigenvalue weighted by molar-refractivity contribution is 5.92. The molecule has 0 saturated carbocycles. The van der Waals surface area contributed by atoms with Crippen LogP contribution in [-0.4, -0.2) is 33.7 Å². The smallest absolute Gasteiger partial charge is 0.343 e. The fourth-order valence-corrected chi connectivity index (χ4v) is 8.54. The Morgan fingerprint density at radius 1 is 0.368 bits per heavy atom. The van der Waals surface area contributed by atoms with E-state index < -0.39 is 33.7 Å². The molecule has 0 saturated heterocycles. The highest BCUT2D eigenvalue weighted by Gasteiger charge is 2.26. The van der Waals surface area contributed by atoms with Crippen molar-refractivity contribution in [2.24, 2.45) is 20.5 Å². The van der Waals surface area contributed by atoms with Crippen LogP contribution < -0.4 is 18.9 Å². The van der Waals surface area contributed by atoms with Crippen molar-refractivity contribution in [2.45, 2.75) is 39.5 Å². The number of ether oxygens (including phenoxy) is 4. The molecule has 0 amide bonds. The molecule has 18 nitrogen and oxygen atoms in total. The molecule has 0 aromatic heterocycles. The number of nitrogens with zero attached hydrogens (tertiary/aromatic N) is 6. The summed E-state index contributed by atoms with van der Waals surface area (Å²) in [4.78, 5) is 76.3. The predicted octanol–water partition coefficient (Wildman–Crippen LogP) is 13.3. The van der Waals surface area contributed by atoms with Crippen molar-refractivity contribution >= 4 is 58.0 Å². The molecule has 0 fully saturated rings. The van der Waals surface area contributed by atoms with E-state index in [0.29, 0.717) is 55.9 Å². The monoisotopic (exact) mass is 1010 g/mol. The van der Waals surface area contributed by atoms with E-state index >= 15 is 0 Å². The Morgan fingerprint density at radius 3 is 0.947 bits per heavy atom. The van der Waals surface area contributed by atoms with Gasteiger partial charge >= 0.3 is 23.9 Å². The first-order valence-corrected chi connectivity index (χ1v) is 23.5. The Kier molecular flexibility index (Phi) is 15.0. The van der Waals surface area contributed by atoms with E-state index in [2.05, 4.69) is 20.5 Å². The van der Waals surface area contributed by atoms with Crippen LogP contribution in [0, 0.1) is 20.2 Å². The van der Waals surface area contributed by atoms with Gasteiger partial charge in [0.05, 0.1) is 43.7 Å². The van der Waals surface area contributed by atoms with Gasteiger partial charge < -0.3 is 18.9 Å². The summed E-state index contributed by atoms with van der Waals surface area (Å²) in [6.45, 7) is 2.52. The minimum Gasteiger partial charge on any atom is -0.426 e. The average Bonchev–Trinajstić information content (AvgIpc) is 3.41. The van der Waals surface area contributed by atoms with Crippen LogP contribution in [0.15, 0.2) is 190 Å². The van der Waals surface area contributed by atoms with Crippen molar-refractivity contribution in [1.29, 1.82) is 0 Å². The van der Waals surface area contributed by atoms with Gasteiger partial charge in [-0.25, -0.2) is 9.59 Å². The molecule has 8 bridgehead atoms. The Morgan fingerprint density at radius 2 is 0.658 bits per heavy atom. The average molecular weight is 1020 g/mol. The standard InChI is InChI=1S/C58H42N6O12/c1-35(65)73-55-43-27-39-15-9-17-41(53(39)75-57(67)37-11-5-3-6-12-37)29-45-33-50(62-60-48-21-25-52(26-22-48)64(71)72)34-46(56(45)74-36(2)66)30-42-18-10-16-40(54(42)76-58(68)38-13-7-4-8-14-38)28-44(55)32-49(31-43)61-59-47-19-23-51(24-20-47)63(69)70/h3-26,31-34H,27-30H2,1-2H3. The number of benzene rings is 8. The zero-order valence-electron chi connectivity index (χ0n) is 40.6. The van der Waals surface area contributed by atoms with Gasteiger partial charge in [-0.2, -0.15) is 20.5 Å². The maximum absolute atomic E-state index is 14.1. The molecule has 376 valence electrons. The molecule has 8 aromatic rings. The van der Waals surface area contributed by atoms with Crippen LogP contribution >= 0.6 is 0 Å². The fraction of sp³-hybridized carbons (Fsp3) is 0.103. The van der Waals surface area contributed by atoms with E-state index in [1.807, 2.05) is 0 Å². The second-order valence-electron chi connectivity index (χ2n) is 17.3. The summed E-state index contributed by atoms with van der Waals surface area (Å²) >= 11 is 0. The first kappa shape index (κ1) is 50.6. The van der Waals surface area contributed by atoms with Crippen LogP contribution in [0.25, 0.3) is 0 Å². The molecule has 0 spiro atoms. The van der Waals surface area contributed by atoms with Gasteiger partial charge in [0.2, 0.25) is 0 Å². The van der Waals surface area contributed by atoms with Gasteiger partial charge in [0, 0.05) is 86.1 Å². The minimum atomic E-state index is -0.683. The number of nitro benzene ring substituents is 2. The van der Waals surface area contributed by atoms with Crippen LogP contribution in [0.4, 0.5) is 34.1 Å². The van der Waals surface area contributed by atoms with Crippen molar-refractivity contribution in [1.82, 2.24) is 0 Å². The molecule has 9 rings (SSSR count). The van der Waals surface area contributed by atoms with E-state index in [9.17, 15) is 39.4 Å². The van der Waals surface area contributed by atoms with Crippen molar-refractivity contribution in [3.63, 3.8) is 0 Å². The SMILES string of the molecule is CC(=O)Oc1c2cc(N=Nc3ccc([N+](=O)[O-])cc3)cc1Cc1cccc(c1OC(=O)c1ccccc1)Cc1cc(N=Nc3ccc([N+](=O)[O-])cc3)cc(c1OC(C)=O)Cc1cccc(c1OC(=O)c1ccccc1)C2. The topological polar surface area (TPSA) is 241 Å². The summed E-state index contributed by atoms with van der Waals surface area (Å²) in [6, 6.07) is 44.9. The number of rotatable bonds is 12. The Labute approximate surface area is 433 Å². The summed E-state index contributed by atoms with van der Waals surface area (Å²) < 4.78 is 24.9. The van der Waals surface area contributed by atoms with Crippen molar-refractivity contribution < 1.29 is 48.0 Å². The lowest BCUT2D eigenvalue weighted by Crippen LogP contribution is -2.14. The van der Waals surface area contributed by atoms with Crippen molar-refractivity contribution in [3.05, 3.63) is 246 Å². The number of hydrogen-bond acceptors (Lipinski definition) is 16. The summed E-state index contributed by atoms with van der Waals surface area (Å²) in [5, 5.41) is 40.7. The lowest BCUT2D eigenvalue weighted by molar-refractivity contribution is -0.385. The van der Waals surface area contributed by atoms with Crippen molar-refractivity contribution in [2.75, 3.05) is 0 Å². The molecule has 0 N–H and O–H groups in total. The van der Waals surface area contributed by atoms with Crippen LogP contribution in [0.1, 0.15) is 79.1 Å². The maximum Gasteiger partial charge on any atom is 0.343 e. The third-order valence-corrected chi connectivity index (χ3v) is 11.9. The Balaban J connectivity index is 1.29. The zero-order chi connectivity index (χ0) is 53.3. The van der Waals surface area contributed by atoms with Crippen LogP contribution in [-0.2, 0) is 35.3 Å². The fourth-order valence-electron chi connectivity index (χ4n) is 8.54. The first-order chi connectivity index (χ1) is 36.7. The number of carbonyl (C=O) groups excluding carboxylic acids is 4. The molecule has 0 aliphatic heterocycles. The molecule has 76 heavy (non-hydrogen) atoms. The lowest BCUT2D eigenvalue weighted by atomic mass is 9.90. The summed E-state index contributed by atoms with van der Waals surface area (Å²) in [7, 11) is 0. The Hall–Kier alpha value is -10.4. The highest BCUT2D eigenvalue weighted by Crippen LogP contribution is 2.42. The molecule has 8 aromatic carbocycles. The molecule has 1 aliphatic rings. The second kappa shape index (κ2) is 22.6. The summed E-state index contributed by atoms with van der Waals surface area (Å²) in [5.41, 5.74) is 4.89. The number of azo groups is 2. The number of para-hydroxylation sites is 2. The van der Waals surface area contributed by atoms with Gasteiger partial charge in [-0.1, -0.05) is 72.8 Å². The van der Waals surface area contributed by atoms with Gasteiger partial charge in [-0.15, -0.1) is 0 Å². The van der Waals surface area contributed by atoms with E-state index in [-0.39, 0.29) is 82.6 Å². The quantitative estimate of drug-likeness (QED) is 0.0365.